The van der Waals surface area contributed by atoms with Crippen LogP contribution >= 0.6 is 11.8 Å². The van der Waals surface area contributed by atoms with Gasteiger partial charge in [0.2, 0.25) is 5.91 Å². The van der Waals surface area contributed by atoms with Gasteiger partial charge in [0.05, 0.1) is 22.3 Å². The topological polar surface area (TPSA) is 83.6 Å². The summed E-state index contributed by atoms with van der Waals surface area (Å²) in [6.45, 7) is 1.85. The van der Waals surface area contributed by atoms with Gasteiger partial charge in [-0.2, -0.15) is 0 Å². The number of carbonyl (C=O) groups is 1. The van der Waals surface area contributed by atoms with Crippen LogP contribution in [0.1, 0.15) is 6.92 Å². The summed E-state index contributed by atoms with van der Waals surface area (Å²) in [4.78, 5) is 29.4. The zero-order valence-electron chi connectivity index (χ0n) is 15.7. The summed E-state index contributed by atoms with van der Waals surface area (Å²) in [6.07, 6.45) is 3.47. The molecule has 1 aromatic carbocycles. The highest BCUT2D eigenvalue weighted by atomic mass is 32.2. The predicted molar refractivity (Wildman–Crippen MR) is 115 cm³/mol. The van der Waals surface area contributed by atoms with E-state index in [0.717, 1.165) is 22.8 Å². The maximum atomic E-state index is 12.6. The Labute approximate surface area is 172 Å². The molecule has 3 aromatic heterocycles. The minimum Gasteiger partial charge on any atom is -0.331 e. The van der Waals surface area contributed by atoms with Gasteiger partial charge in [-0.15, -0.1) is 0 Å². The van der Waals surface area contributed by atoms with E-state index >= 15 is 0 Å². The summed E-state index contributed by atoms with van der Waals surface area (Å²) in [5, 5.41) is 3.22. The standard InChI is InChI=1S/C22H19N5OS/c1-15(21(28)25-16-9-3-2-4-10-16)29-22-26-19(17-11-5-7-13-23-17)20(27-22)18-12-6-8-14-24-18/h2-15H,1H3,(H,25,28)(H,26,27). The number of anilines is 1. The molecule has 0 saturated carbocycles. The molecule has 7 heteroatoms. The number of amides is 1. The third-order valence-corrected chi connectivity index (χ3v) is 5.19. The summed E-state index contributed by atoms with van der Waals surface area (Å²) in [7, 11) is 0. The van der Waals surface area contributed by atoms with Crippen molar-refractivity contribution >= 4 is 23.4 Å². The first-order valence-corrected chi connectivity index (χ1v) is 10.0. The van der Waals surface area contributed by atoms with Crippen molar-refractivity contribution in [2.75, 3.05) is 5.32 Å². The van der Waals surface area contributed by atoms with Crippen LogP contribution in [0.2, 0.25) is 0 Å². The molecule has 4 rings (SSSR count). The molecule has 1 atom stereocenters. The lowest BCUT2D eigenvalue weighted by Gasteiger charge is -2.10. The van der Waals surface area contributed by atoms with Gasteiger partial charge in [0.25, 0.3) is 0 Å². The molecule has 2 N–H and O–H groups in total. The Morgan fingerprint density at radius 2 is 1.59 bits per heavy atom. The van der Waals surface area contributed by atoms with Gasteiger partial charge in [-0.25, -0.2) is 4.98 Å². The van der Waals surface area contributed by atoms with E-state index in [1.165, 1.54) is 11.8 Å². The molecule has 0 aliphatic carbocycles. The smallest absolute Gasteiger partial charge is 0.237 e. The van der Waals surface area contributed by atoms with Crippen molar-refractivity contribution in [3.63, 3.8) is 0 Å². The number of pyridine rings is 2. The fourth-order valence-electron chi connectivity index (χ4n) is 2.78. The van der Waals surface area contributed by atoms with Crippen LogP contribution in [0.25, 0.3) is 22.8 Å². The number of aromatic amines is 1. The van der Waals surface area contributed by atoms with E-state index in [1.54, 1.807) is 12.4 Å². The molecule has 0 aliphatic rings. The van der Waals surface area contributed by atoms with Crippen molar-refractivity contribution in [3.8, 4) is 22.8 Å². The number of H-pyrrole nitrogens is 1. The van der Waals surface area contributed by atoms with Crippen molar-refractivity contribution < 1.29 is 4.79 Å². The largest absolute Gasteiger partial charge is 0.331 e. The number of carbonyl (C=O) groups excluding carboxylic acids is 1. The second kappa shape index (κ2) is 8.70. The lowest BCUT2D eigenvalue weighted by Crippen LogP contribution is -2.22. The molecule has 144 valence electrons. The summed E-state index contributed by atoms with van der Waals surface area (Å²) in [5.41, 5.74) is 3.78. The van der Waals surface area contributed by atoms with Crippen molar-refractivity contribution in [3.05, 3.63) is 79.1 Å². The van der Waals surface area contributed by atoms with Gasteiger partial charge in [-0.05, 0) is 43.3 Å². The Kier molecular flexibility index (Phi) is 5.67. The zero-order chi connectivity index (χ0) is 20.1. The molecule has 6 nitrogen and oxygen atoms in total. The minimum absolute atomic E-state index is 0.0867. The number of imidazole rings is 1. The molecule has 29 heavy (non-hydrogen) atoms. The first-order chi connectivity index (χ1) is 14.2. The van der Waals surface area contributed by atoms with Crippen LogP contribution < -0.4 is 5.32 Å². The molecule has 0 radical (unpaired) electrons. The lowest BCUT2D eigenvalue weighted by atomic mass is 10.2. The van der Waals surface area contributed by atoms with Gasteiger partial charge in [-0.3, -0.25) is 14.8 Å². The first kappa shape index (κ1) is 18.9. The van der Waals surface area contributed by atoms with Crippen LogP contribution in [-0.2, 0) is 4.79 Å². The fraction of sp³-hybridized carbons (Fsp3) is 0.0909. The summed E-state index contributed by atoms with van der Waals surface area (Å²) in [6, 6.07) is 20.8. The molecule has 0 bridgehead atoms. The highest BCUT2D eigenvalue weighted by Gasteiger charge is 2.20. The Bertz CT molecular complexity index is 1030. The number of thioether (sulfide) groups is 1. The van der Waals surface area contributed by atoms with Crippen molar-refractivity contribution in [2.24, 2.45) is 0 Å². The Hall–Kier alpha value is -3.45. The van der Waals surface area contributed by atoms with E-state index in [4.69, 9.17) is 4.98 Å². The molecule has 0 saturated heterocycles. The number of benzene rings is 1. The maximum absolute atomic E-state index is 12.6. The molecule has 1 amide bonds. The molecule has 0 spiro atoms. The van der Waals surface area contributed by atoms with E-state index in [1.807, 2.05) is 73.7 Å². The highest BCUT2D eigenvalue weighted by molar-refractivity contribution is 8.00. The molecule has 1 unspecified atom stereocenters. The zero-order valence-corrected chi connectivity index (χ0v) is 16.6. The number of hydrogen-bond acceptors (Lipinski definition) is 5. The van der Waals surface area contributed by atoms with E-state index in [-0.39, 0.29) is 11.2 Å². The summed E-state index contributed by atoms with van der Waals surface area (Å²) < 4.78 is 0. The fourth-order valence-corrected chi connectivity index (χ4v) is 3.58. The lowest BCUT2D eigenvalue weighted by molar-refractivity contribution is -0.115. The Balaban J connectivity index is 1.59. The van der Waals surface area contributed by atoms with E-state index in [0.29, 0.717) is 10.9 Å². The summed E-state index contributed by atoms with van der Waals surface area (Å²) >= 11 is 1.36. The quantitative estimate of drug-likeness (QED) is 0.459. The SMILES string of the molecule is CC(Sc1nc(-c2ccccn2)c(-c2ccccn2)[nH]1)C(=O)Nc1ccccc1. The van der Waals surface area contributed by atoms with E-state index in [9.17, 15) is 4.79 Å². The van der Waals surface area contributed by atoms with Gasteiger partial charge in [-0.1, -0.05) is 42.1 Å². The monoisotopic (exact) mass is 401 g/mol. The third kappa shape index (κ3) is 4.52. The number of rotatable bonds is 6. The molecular weight excluding hydrogens is 382 g/mol. The van der Waals surface area contributed by atoms with Gasteiger partial charge >= 0.3 is 0 Å². The third-order valence-electron chi connectivity index (χ3n) is 4.21. The number of nitrogens with zero attached hydrogens (tertiary/aromatic N) is 3. The average Bonchev–Trinajstić information content (AvgIpc) is 3.19. The van der Waals surface area contributed by atoms with Crippen LogP contribution in [0.3, 0.4) is 0 Å². The number of aromatic nitrogens is 4. The molecule has 3 heterocycles. The molecule has 0 fully saturated rings. The van der Waals surface area contributed by atoms with E-state index in [2.05, 4.69) is 20.3 Å². The second-order valence-electron chi connectivity index (χ2n) is 6.31. The van der Waals surface area contributed by atoms with Crippen LogP contribution in [0.15, 0.2) is 84.3 Å². The van der Waals surface area contributed by atoms with Crippen LogP contribution in [0.5, 0.6) is 0 Å². The minimum atomic E-state index is -0.338. The van der Waals surface area contributed by atoms with Crippen molar-refractivity contribution in [2.45, 2.75) is 17.3 Å². The number of hydrogen-bond donors (Lipinski definition) is 2. The van der Waals surface area contributed by atoms with Crippen molar-refractivity contribution in [1.82, 2.24) is 19.9 Å². The second-order valence-corrected chi connectivity index (χ2v) is 7.64. The number of nitrogens with one attached hydrogen (secondary N) is 2. The normalized spacial score (nSPS) is 11.8. The Morgan fingerprint density at radius 3 is 2.24 bits per heavy atom. The van der Waals surface area contributed by atoms with Gasteiger partial charge in [0, 0.05) is 18.1 Å². The van der Waals surface area contributed by atoms with Crippen molar-refractivity contribution in [1.29, 1.82) is 0 Å². The van der Waals surface area contributed by atoms with Crippen LogP contribution in [-0.4, -0.2) is 31.1 Å². The summed E-state index contributed by atoms with van der Waals surface area (Å²) in [5.74, 6) is -0.0867. The van der Waals surface area contributed by atoms with Crippen LogP contribution in [0, 0.1) is 0 Å². The van der Waals surface area contributed by atoms with Gasteiger partial charge in [0.15, 0.2) is 5.16 Å². The maximum Gasteiger partial charge on any atom is 0.237 e. The first-order valence-electron chi connectivity index (χ1n) is 9.16. The molecule has 0 aliphatic heterocycles. The van der Waals surface area contributed by atoms with E-state index < -0.39 is 0 Å². The number of para-hydroxylation sites is 1. The average molecular weight is 401 g/mol. The highest BCUT2D eigenvalue weighted by Crippen LogP contribution is 2.32. The Morgan fingerprint density at radius 1 is 0.931 bits per heavy atom. The van der Waals surface area contributed by atoms with Crippen LogP contribution in [0.4, 0.5) is 5.69 Å². The molecule has 4 aromatic rings. The van der Waals surface area contributed by atoms with Gasteiger partial charge in [0.1, 0.15) is 5.69 Å². The molecular formula is C22H19N5OS. The van der Waals surface area contributed by atoms with Gasteiger partial charge < -0.3 is 10.3 Å². The predicted octanol–water partition coefficient (Wildman–Crippen LogP) is 4.65.